The van der Waals surface area contributed by atoms with E-state index < -0.39 is 18.0 Å². The van der Waals surface area contributed by atoms with Crippen LogP contribution in [0.3, 0.4) is 0 Å². The van der Waals surface area contributed by atoms with Crippen molar-refractivity contribution in [3.63, 3.8) is 0 Å². The van der Waals surface area contributed by atoms with Crippen LogP contribution in [0.4, 0.5) is 5.82 Å². The number of nitrogens with zero attached hydrogens (tertiary/aromatic N) is 4. The molecule has 150 valence electrons. The molecule has 0 spiro atoms. The van der Waals surface area contributed by atoms with Crippen molar-refractivity contribution >= 4 is 22.8 Å². The Morgan fingerprint density at radius 3 is 2.32 bits per heavy atom. The van der Waals surface area contributed by atoms with Crippen molar-refractivity contribution in [2.45, 2.75) is 45.6 Å². The summed E-state index contributed by atoms with van der Waals surface area (Å²) in [7, 11) is 1.53. The van der Waals surface area contributed by atoms with Crippen molar-refractivity contribution in [1.82, 2.24) is 9.97 Å². The lowest BCUT2D eigenvalue weighted by molar-refractivity contribution is -0.150. The van der Waals surface area contributed by atoms with E-state index in [1.165, 1.54) is 7.11 Å². The number of carbonyl (C=O) groups excluding carboxylic acids is 1. The van der Waals surface area contributed by atoms with Gasteiger partial charge in [-0.1, -0.05) is 26.0 Å². The molecule has 7 nitrogen and oxygen atoms in total. The number of benzene rings is 1. The molecule has 0 N–H and O–H groups in total. The topological polar surface area (TPSA) is 88.3 Å². The summed E-state index contributed by atoms with van der Waals surface area (Å²) in [5.41, 5.74) is 1.72. The molecule has 0 saturated heterocycles. The van der Waals surface area contributed by atoms with Crippen LogP contribution in [-0.2, 0) is 14.3 Å². The molecule has 2 atom stereocenters. The van der Waals surface area contributed by atoms with Gasteiger partial charge >= 0.3 is 5.97 Å². The Bertz CT molecular complexity index is 828. The Labute approximate surface area is 166 Å². The fraction of sp³-hybridized carbons (Fsp3) is 0.524. The van der Waals surface area contributed by atoms with Crippen LogP contribution in [-0.4, -0.2) is 48.8 Å². The first kappa shape index (κ1) is 21.6. The first-order valence-electron chi connectivity index (χ1n) is 9.66. The van der Waals surface area contributed by atoms with Gasteiger partial charge in [0, 0.05) is 20.2 Å². The Morgan fingerprint density at radius 2 is 1.79 bits per heavy atom. The van der Waals surface area contributed by atoms with E-state index in [0.717, 1.165) is 31.4 Å². The van der Waals surface area contributed by atoms with Crippen molar-refractivity contribution in [3.8, 4) is 6.07 Å². The SMILES string of the molecule is CCCN(CCC)c1nc2ccccc2nc1[C@@H](C#N)C(=O)O[C@H](C)COC. The molecule has 1 aromatic carbocycles. The molecule has 0 amide bonds. The molecular weight excluding hydrogens is 356 g/mol. The molecule has 2 rings (SSSR count). The van der Waals surface area contributed by atoms with Gasteiger partial charge in [0.1, 0.15) is 11.8 Å². The monoisotopic (exact) mass is 384 g/mol. The van der Waals surface area contributed by atoms with Gasteiger partial charge in [-0.2, -0.15) is 5.26 Å². The maximum atomic E-state index is 12.7. The van der Waals surface area contributed by atoms with E-state index in [1.807, 2.05) is 24.3 Å². The third-order valence-corrected chi connectivity index (χ3v) is 4.22. The molecule has 7 heteroatoms. The second-order valence-corrected chi connectivity index (χ2v) is 6.67. The molecule has 28 heavy (non-hydrogen) atoms. The number of aromatic nitrogens is 2. The quantitative estimate of drug-likeness (QED) is 0.580. The largest absolute Gasteiger partial charge is 0.459 e. The third-order valence-electron chi connectivity index (χ3n) is 4.22. The first-order chi connectivity index (χ1) is 13.5. The molecule has 0 aliphatic carbocycles. The number of ether oxygens (including phenoxy) is 2. The lowest BCUT2D eigenvalue weighted by atomic mass is 10.1. The fourth-order valence-corrected chi connectivity index (χ4v) is 3.05. The summed E-state index contributed by atoms with van der Waals surface area (Å²) < 4.78 is 10.4. The molecule has 1 aromatic heterocycles. The molecule has 0 saturated carbocycles. The number of carbonyl (C=O) groups is 1. The zero-order chi connectivity index (χ0) is 20.5. The molecule has 0 bridgehead atoms. The average molecular weight is 384 g/mol. The van der Waals surface area contributed by atoms with Crippen molar-refractivity contribution in [1.29, 1.82) is 5.26 Å². The smallest absolute Gasteiger partial charge is 0.330 e. The number of para-hydroxylation sites is 2. The van der Waals surface area contributed by atoms with Crippen LogP contribution in [0.25, 0.3) is 11.0 Å². The molecule has 2 aromatic rings. The molecule has 0 unspecified atom stereocenters. The van der Waals surface area contributed by atoms with Crippen LogP contribution < -0.4 is 4.90 Å². The highest BCUT2D eigenvalue weighted by molar-refractivity contribution is 5.85. The van der Waals surface area contributed by atoms with Crippen LogP contribution in [0.15, 0.2) is 24.3 Å². The highest BCUT2D eigenvalue weighted by Gasteiger charge is 2.30. The number of rotatable bonds is 10. The van der Waals surface area contributed by atoms with Gasteiger partial charge in [0.25, 0.3) is 0 Å². The summed E-state index contributed by atoms with van der Waals surface area (Å²) in [4.78, 5) is 24.2. The van der Waals surface area contributed by atoms with Gasteiger partial charge in [-0.15, -0.1) is 0 Å². The molecule has 0 radical (unpaired) electrons. The minimum absolute atomic E-state index is 0.262. The Morgan fingerprint density at radius 1 is 1.18 bits per heavy atom. The van der Waals surface area contributed by atoms with Crippen molar-refractivity contribution in [2.75, 3.05) is 31.7 Å². The van der Waals surface area contributed by atoms with Gasteiger partial charge in [0.15, 0.2) is 11.7 Å². The number of esters is 1. The lowest BCUT2D eigenvalue weighted by Gasteiger charge is -2.26. The summed E-state index contributed by atoms with van der Waals surface area (Å²) >= 11 is 0. The summed E-state index contributed by atoms with van der Waals surface area (Å²) in [5.74, 6) is -1.21. The third kappa shape index (κ3) is 5.17. The van der Waals surface area contributed by atoms with E-state index >= 15 is 0 Å². The van der Waals surface area contributed by atoms with Crippen LogP contribution in [0, 0.1) is 11.3 Å². The zero-order valence-corrected chi connectivity index (χ0v) is 17.0. The second kappa shape index (κ2) is 10.6. The van der Waals surface area contributed by atoms with Crippen LogP contribution in [0.2, 0.25) is 0 Å². The first-order valence-corrected chi connectivity index (χ1v) is 9.66. The van der Waals surface area contributed by atoms with Gasteiger partial charge in [-0.25, -0.2) is 9.97 Å². The van der Waals surface area contributed by atoms with Crippen LogP contribution >= 0.6 is 0 Å². The van der Waals surface area contributed by atoms with Gasteiger partial charge in [0.05, 0.1) is 23.7 Å². The van der Waals surface area contributed by atoms with E-state index in [0.29, 0.717) is 17.0 Å². The Hall–Kier alpha value is -2.72. The highest BCUT2D eigenvalue weighted by atomic mass is 16.6. The van der Waals surface area contributed by atoms with Gasteiger partial charge in [-0.3, -0.25) is 4.79 Å². The molecule has 0 aliphatic rings. The minimum atomic E-state index is -1.15. The summed E-state index contributed by atoms with van der Waals surface area (Å²) in [5, 5.41) is 9.76. The number of methoxy groups -OCH3 is 1. The molecule has 1 heterocycles. The van der Waals surface area contributed by atoms with Crippen molar-refractivity contribution in [3.05, 3.63) is 30.0 Å². The van der Waals surface area contributed by atoms with Crippen molar-refractivity contribution < 1.29 is 14.3 Å². The van der Waals surface area contributed by atoms with Crippen LogP contribution in [0.5, 0.6) is 0 Å². The fourth-order valence-electron chi connectivity index (χ4n) is 3.05. The van der Waals surface area contributed by atoms with E-state index in [2.05, 4.69) is 29.8 Å². The number of anilines is 1. The second-order valence-electron chi connectivity index (χ2n) is 6.67. The standard InChI is InChI=1S/C21H28N4O3/c1-5-11-25(12-6-2)20-19(23-17-9-7-8-10-18(17)24-20)16(13-22)21(26)28-15(3)14-27-4/h7-10,15-16H,5-6,11-12,14H2,1-4H3/t15-,16-/m1/s1. The number of fused-ring (bicyclic) bond motifs is 1. The lowest BCUT2D eigenvalue weighted by Crippen LogP contribution is -2.30. The zero-order valence-electron chi connectivity index (χ0n) is 17.0. The van der Waals surface area contributed by atoms with Crippen LogP contribution in [0.1, 0.15) is 45.2 Å². The average Bonchev–Trinajstić information content (AvgIpc) is 2.68. The van der Waals surface area contributed by atoms with E-state index in [4.69, 9.17) is 14.5 Å². The Kier molecular flexibility index (Phi) is 8.15. The number of hydrogen-bond donors (Lipinski definition) is 0. The van der Waals surface area contributed by atoms with Gasteiger partial charge in [0.2, 0.25) is 0 Å². The predicted octanol–water partition coefficient (Wildman–Crippen LogP) is 3.44. The summed E-state index contributed by atoms with van der Waals surface area (Å²) in [6.07, 6.45) is 1.38. The van der Waals surface area contributed by atoms with Gasteiger partial charge < -0.3 is 14.4 Å². The predicted molar refractivity (Wildman–Crippen MR) is 108 cm³/mol. The van der Waals surface area contributed by atoms with E-state index in [9.17, 15) is 10.1 Å². The normalized spacial score (nSPS) is 13.0. The number of hydrogen-bond acceptors (Lipinski definition) is 7. The Balaban J connectivity index is 2.53. The summed E-state index contributed by atoms with van der Waals surface area (Å²) in [6, 6.07) is 9.53. The maximum Gasteiger partial charge on any atom is 0.330 e. The molecular formula is C21H28N4O3. The molecule has 0 fully saturated rings. The molecule has 0 aliphatic heterocycles. The minimum Gasteiger partial charge on any atom is -0.459 e. The van der Waals surface area contributed by atoms with E-state index in [-0.39, 0.29) is 6.61 Å². The van der Waals surface area contributed by atoms with E-state index in [1.54, 1.807) is 6.92 Å². The highest BCUT2D eigenvalue weighted by Crippen LogP contribution is 2.28. The van der Waals surface area contributed by atoms with Gasteiger partial charge in [-0.05, 0) is 31.9 Å². The number of nitriles is 1. The maximum absolute atomic E-state index is 12.7. The summed E-state index contributed by atoms with van der Waals surface area (Å²) in [6.45, 7) is 7.68. The van der Waals surface area contributed by atoms with Crippen molar-refractivity contribution in [2.24, 2.45) is 0 Å².